The van der Waals surface area contributed by atoms with Crippen LogP contribution in [0.2, 0.25) is 0 Å². The fraction of sp³-hybridized carbons (Fsp3) is 0.417. The zero-order chi connectivity index (χ0) is 9.47. The first-order valence-corrected chi connectivity index (χ1v) is 4.78. The molecule has 0 spiro atoms. The van der Waals surface area contributed by atoms with E-state index in [1.807, 2.05) is 0 Å². The molecule has 0 aromatic carbocycles. The van der Waals surface area contributed by atoms with Crippen LogP contribution in [0.3, 0.4) is 0 Å². The molecule has 68 valence electrons. The molecule has 1 aliphatic heterocycles. The Morgan fingerprint density at radius 3 is 2.69 bits per heavy atom. The molecule has 0 N–H and O–H groups in total. The normalized spacial score (nSPS) is 14.7. The molecule has 1 heteroatoms. The summed E-state index contributed by atoms with van der Waals surface area (Å²) in [5, 5.41) is 0. The van der Waals surface area contributed by atoms with Gasteiger partial charge in [-0.1, -0.05) is 20.8 Å². The van der Waals surface area contributed by atoms with Gasteiger partial charge >= 0.3 is 0 Å². The molecule has 0 radical (unpaired) electrons. The first-order valence-electron chi connectivity index (χ1n) is 4.78. The van der Waals surface area contributed by atoms with E-state index in [2.05, 4.69) is 55.9 Å². The van der Waals surface area contributed by atoms with Crippen molar-refractivity contribution in [1.29, 1.82) is 0 Å². The minimum Gasteiger partial charge on any atom is -0.171 e. The maximum absolute atomic E-state index is 2.24. The molecule has 1 aliphatic rings. The lowest BCUT2D eigenvalue weighted by atomic mass is 9.88. The Morgan fingerprint density at radius 1 is 1.23 bits per heavy atom. The minimum atomic E-state index is 0.248. The van der Waals surface area contributed by atoms with Crippen molar-refractivity contribution in [2.24, 2.45) is 0 Å². The molecule has 0 amide bonds. The predicted molar refractivity (Wildman–Crippen MR) is 54.4 cm³/mol. The van der Waals surface area contributed by atoms with Gasteiger partial charge in [0.1, 0.15) is 0 Å². The van der Waals surface area contributed by atoms with Crippen LogP contribution in [-0.4, -0.2) is 0 Å². The van der Waals surface area contributed by atoms with E-state index in [0.29, 0.717) is 0 Å². The number of rotatable bonds is 0. The van der Waals surface area contributed by atoms with E-state index in [4.69, 9.17) is 0 Å². The number of hydrogen-bond acceptors (Lipinski definition) is 0. The summed E-state index contributed by atoms with van der Waals surface area (Å²) in [6.07, 6.45) is 7.65. The summed E-state index contributed by atoms with van der Waals surface area (Å²) in [5.41, 5.74) is 3.02. The molecule has 0 saturated heterocycles. The topological polar surface area (TPSA) is 3.88 Å². The number of fused-ring (bicyclic) bond motifs is 1. The lowest BCUT2D eigenvalue weighted by molar-refractivity contribution is -0.572. The van der Waals surface area contributed by atoms with Crippen molar-refractivity contribution in [3.8, 4) is 0 Å². The Kier molecular flexibility index (Phi) is 1.76. The van der Waals surface area contributed by atoms with Gasteiger partial charge in [-0.25, -0.2) is 0 Å². The zero-order valence-electron chi connectivity index (χ0n) is 8.54. The Labute approximate surface area is 79.7 Å². The molecule has 0 atom stereocenters. The maximum atomic E-state index is 2.24. The van der Waals surface area contributed by atoms with Crippen molar-refractivity contribution in [3.63, 3.8) is 0 Å². The van der Waals surface area contributed by atoms with E-state index in [0.717, 1.165) is 6.42 Å². The standard InChI is InChI=1S/C12H16N/c1-12(2,3)10-6-7-11-5-4-8-13(11)9-10/h4,6-9H,5H2,1-3H3/q+1. The van der Waals surface area contributed by atoms with Crippen molar-refractivity contribution in [2.45, 2.75) is 32.6 Å². The molecule has 13 heavy (non-hydrogen) atoms. The van der Waals surface area contributed by atoms with Gasteiger partial charge in [0.25, 0.3) is 0 Å². The van der Waals surface area contributed by atoms with Crippen molar-refractivity contribution in [3.05, 3.63) is 35.7 Å². The van der Waals surface area contributed by atoms with Crippen LogP contribution in [0.5, 0.6) is 0 Å². The minimum absolute atomic E-state index is 0.248. The van der Waals surface area contributed by atoms with E-state index >= 15 is 0 Å². The van der Waals surface area contributed by atoms with Crippen molar-refractivity contribution in [1.82, 2.24) is 0 Å². The summed E-state index contributed by atoms with van der Waals surface area (Å²) < 4.78 is 2.22. The van der Waals surface area contributed by atoms with Crippen molar-refractivity contribution < 1.29 is 4.57 Å². The van der Waals surface area contributed by atoms with Gasteiger partial charge in [-0.2, -0.15) is 4.57 Å². The van der Waals surface area contributed by atoms with Gasteiger partial charge in [-0.15, -0.1) is 0 Å². The van der Waals surface area contributed by atoms with Gasteiger partial charge in [0.15, 0.2) is 18.1 Å². The molecular formula is C12H16N+. The van der Waals surface area contributed by atoms with Crippen molar-refractivity contribution >= 4 is 6.20 Å². The lowest BCUT2D eigenvalue weighted by Crippen LogP contribution is -2.30. The largest absolute Gasteiger partial charge is 0.190 e. The number of allylic oxidation sites excluding steroid dienone is 1. The highest BCUT2D eigenvalue weighted by Gasteiger charge is 2.20. The van der Waals surface area contributed by atoms with Crippen LogP contribution in [0.4, 0.5) is 0 Å². The van der Waals surface area contributed by atoms with Gasteiger partial charge in [0.05, 0.1) is 6.42 Å². The van der Waals surface area contributed by atoms with E-state index in [1.54, 1.807) is 0 Å². The van der Waals surface area contributed by atoms with E-state index in [-0.39, 0.29) is 5.41 Å². The second kappa shape index (κ2) is 2.69. The molecule has 2 heterocycles. The quantitative estimate of drug-likeness (QED) is 0.531. The third kappa shape index (κ3) is 1.51. The molecule has 1 aromatic rings. The highest BCUT2D eigenvalue weighted by atomic mass is 14.9. The summed E-state index contributed by atoms with van der Waals surface area (Å²) in [4.78, 5) is 0. The molecule has 1 aromatic heterocycles. The first-order chi connectivity index (χ1) is 6.07. The third-order valence-electron chi connectivity index (χ3n) is 2.52. The molecule has 0 bridgehead atoms. The molecule has 0 aliphatic carbocycles. The lowest BCUT2D eigenvalue weighted by Gasteiger charge is -2.16. The predicted octanol–water partition coefficient (Wildman–Crippen LogP) is 2.30. The molecule has 0 saturated carbocycles. The van der Waals surface area contributed by atoms with Crippen LogP contribution >= 0.6 is 0 Å². The SMILES string of the molecule is CC(C)(C)c1ccc2[n+](c1)C=CC2. The van der Waals surface area contributed by atoms with Gasteiger partial charge < -0.3 is 0 Å². The van der Waals surface area contributed by atoms with Crippen molar-refractivity contribution in [2.75, 3.05) is 0 Å². The highest BCUT2D eigenvalue weighted by Crippen LogP contribution is 2.21. The van der Waals surface area contributed by atoms with Crippen LogP contribution < -0.4 is 4.57 Å². The summed E-state index contributed by atoms with van der Waals surface area (Å²) in [5.74, 6) is 0. The first kappa shape index (κ1) is 8.49. The van der Waals surface area contributed by atoms with Crippen LogP contribution in [0.1, 0.15) is 32.0 Å². The zero-order valence-corrected chi connectivity index (χ0v) is 8.54. The molecule has 1 nitrogen and oxygen atoms in total. The Morgan fingerprint density at radius 2 is 2.00 bits per heavy atom. The van der Waals surface area contributed by atoms with Gasteiger partial charge in [-0.3, -0.25) is 0 Å². The summed E-state index contributed by atoms with van der Waals surface area (Å²) in [6, 6.07) is 4.46. The smallest absolute Gasteiger partial charge is 0.171 e. The van der Waals surface area contributed by atoms with Gasteiger partial charge in [0.2, 0.25) is 0 Å². The fourth-order valence-corrected chi connectivity index (χ4v) is 1.59. The van der Waals surface area contributed by atoms with E-state index in [1.165, 1.54) is 11.3 Å². The number of hydrogen-bond donors (Lipinski definition) is 0. The summed E-state index contributed by atoms with van der Waals surface area (Å²) >= 11 is 0. The molecule has 2 rings (SSSR count). The second-order valence-electron chi connectivity index (χ2n) is 4.66. The highest BCUT2D eigenvalue weighted by molar-refractivity contribution is 5.25. The Bertz CT molecular complexity index is 356. The fourth-order valence-electron chi connectivity index (χ4n) is 1.59. The number of aromatic nitrogens is 1. The molecule has 0 unspecified atom stereocenters. The second-order valence-corrected chi connectivity index (χ2v) is 4.66. The average Bonchev–Trinajstić information content (AvgIpc) is 2.47. The summed E-state index contributed by atoms with van der Waals surface area (Å²) in [6.45, 7) is 6.73. The summed E-state index contributed by atoms with van der Waals surface area (Å²) in [7, 11) is 0. The van der Waals surface area contributed by atoms with Crippen LogP contribution in [0, 0.1) is 0 Å². The monoisotopic (exact) mass is 174 g/mol. The van der Waals surface area contributed by atoms with E-state index in [9.17, 15) is 0 Å². The van der Waals surface area contributed by atoms with Gasteiger partial charge in [-0.05, 0) is 17.6 Å². The van der Waals surface area contributed by atoms with Crippen LogP contribution in [0.15, 0.2) is 24.4 Å². The Hall–Kier alpha value is -1.11. The molecular weight excluding hydrogens is 158 g/mol. The number of nitrogens with zero attached hydrogens (tertiary/aromatic N) is 1. The third-order valence-corrected chi connectivity index (χ3v) is 2.52. The average molecular weight is 174 g/mol. The molecule has 0 fully saturated rings. The van der Waals surface area contributed by atoms with Gasteiger partial charge in [0, 0.05) is 11.6 Å². The van der Waals surface area contributed by atoms with Crippen LogP contribution in [-0.2, 0) is 11.8 Å². The van der Waals surface area contributed by atoms with Crippen LogP contribution in [0.25, 0.3) is 6.20 Å². The number of pyridine rings is 1. The maximum Gasteiger partial charge on any atom is 0.190 e. The van der Waals surface area contributed by atoms with E-state index < -0.39 is 0 Å². The Balaban J connectivity index is 2.47.